The molecule has 0 N–H and O–H groups in total. The van der Waals surface area contributed by atoms with Crippen molar-refractivity contribution in [1.82, 2.24) is 9.38 Å². The molecule has 3 nitrogen and oxygen atoms in total. The minimum atomic E-state index is 0.0558. The summed E-state index contributed by atoms with van der Waals surface area (Å²) in [6.45, 7) is 0. The number of benzene rings is 2. The van der Waals surface area contributed by atoms with Crippen LogP contribution >= 0.6 is 11.3 Å². The average Bonchev–Trinajstić information content (AvgIpc) is 3.06. The Morgan fingerprint density at radius 1 is 1.05 bits per heavy atom. The maximum atomic E-state index is 12.9. The van der Waals surface area contributed by atoms with Gasteiger partial charge in [-0.3, -0.25) is 0 Å². The molecule has 0 amide bonds. The van der Waals surface area contributed by atoms with Gasteiger partial charge in [-0.15, -0.1) is 0 Å². The third-order valence-corrected chi connectivity index (χ3v) is 7.10. The van der Waals surface area contributed by atoms with Gasteiger partial charge >= 0.3 is 129 Å². The van der Waals surface area contributed by atoms with Crippen LogP contribution in [0.15, 0.2) is 53.3 Å². The molecule has 3 aromatic heterocycles. The van der Waals surface area contributed by atoms with Gasteiger partial charge in [-0.1, -0.05) is 0 Å². The van der Waals surface area contributed by atoms with E-state index in [1.165, 1.54) is 4.26 Å². The van der Waals surface area contributed by atoms with Gasteiger partial charge < -0.3 is 0 Å². The quantitative estimate of drug-likeness (QED) is 0.400. The Morgan fingerprint density at radius 3 is 2.81 bits per heavy atom. The Bertz CT molecular complexity index is 1210. The predicted molar refractivity (Wildman–Crippen MR) is 88.8 cm³/mol. The Balaban J connectivity index is 2.13. The summed E-state index contributed by atoms with van der Waals surface area (Å²) in [5, 5.41) is 1.13. The summed E-state index contributed by atoms with van der Waals surface area (Å²) < 4.78 is 5.01. The second-order valence-electron chi connectivity index (χ2n) is 4.88. The number of hydrogen-bond acceptors (Lipinski definition) is 3. The average molecular weight is 355 g/mol. The summed E-state index contributed by atoms with van der Waals surface area (Å²) >= 11 is 1.63. The number of rotatable bonds is 0. The summed E-state index contributed by atoms with van der Waals surface area (Å²) in [7, 11) is 0. The molecule has 100 valence electrons. The summed E-state index contributed by atoms with van der Waals surface area (Å²) in [5.74, 6) is 0. The van der Waals surface area contributed by atoms with E-state index in [2.05, 4.69) is 12.1 Å². The molecule has 0 saturated heterocycles. The van der Waals surface area contributed by atoms with E-state index >= 15 is 0 Å². The summed E-state index contributed by atoms with van der Waals surface area (Å²) in [4.78, 5) is 18.5. The van der Waals surface area contributed by atoms with Crippen LogP contribution in [0, 0.1) is 0 Å². The van der Waals surface area contributed by atoms with Crippen molar-refractivity contribution in [2.75, 3.05) is 0 Å². The first-order valence-electron chi connectivity index (χ1n) is 6.54. The number of nitrogens with zero attached hydrogens (tertiary/aromatic N) is 2. The fourth-order valence-corrected chi connectivity index (χ4v) is 6.00. The van der Waals surface area contributed by atoms with E-state index in [1.807, 2.05) is 36.4 Å². The van der Waals surface area contributed by atoms with Gasteiger partial charge in [-0.25, -0.2) is 0 Å². The zero-order valence-corrected chi connectivity index (χ0v) is 13.3. The van der Waals surface area contributed by atoms with Crippen LogP contribution in [-0.2, 0) is 0 Å². The van der Waals surface area contributed by atoms with Gasteiger partial charge in [0, 0.05) is 0 Å². The zero-order valence-electron chi connectivity index (χ0n) is 10.7. The van der Waals surface area contributed by atoms with E-state index in [0.717, 1.165) is 30.3 Å². The van der Waals surface area contributed by atoms with Gasteiger partial charge in [-0.05, 0) is 0 Å². The minimum absolute atomic E-state index is 0.0558. The van der Waals surface area contributed by atoms with Crippen molar-refractivity contribution < 1.29 is 0 Å². The molecule has 2 aromatic carbocycles. The Morgan fingerprint density at radius 2 is 1.86 bits per heavy atom. The second kappa shape index (κ2) is 4.04. The molecule has 3 heterocycles. The van der Waals surface area contributed by atoms with E-state index in [-0.39, 0.29) is 20.1 Å². The van der Waals surface area contributed by atoms with Gasteiger partial charge in [0.15, 0.2) is 0 Å². The SMILES string of the molecule is O=c1c2[se]c3ccccc3c2nc2sc3ccccc3n12. The van der Waals surface area contributed by atoms with Crippen LogP contribution < -0.4 is 5.56 Å². The molecular formula is C16H8N2OSSe. The second-order valence-corrected chi connectivity index (χ2v) is 8.10. The standard InChI is InChI=1S/C16H8N2OSSe/c19-15-14-13(9-5-1-4-8-12(9)21-14)17-16-18(15)10-6-2-3-7-11(10)20-16/h1-8H. The van der Waals surface area contributed by atoms with Crippen LogP contribution in [0.2, 0.25) is 0 Å². The van der Waals surface area contributed by atoms with Crippen molar-refractivity contribution in [1.29, 1.82) is 0 Å². The third kappa shape index (κ3) is 1.48. The molecule has 0 atom stereocenters. The molecule has 5 rings (SSSR count). The molecule has 0 aliphatic carbocycles. The van der Waals surface area contributed by atoms with Gasteiger partial charge in [-0.2, -0.15) is 0 Å². The fourth-order valence-electron chi connectivity index (χ4n) is 2.73. The first-order chi connectivity index (χ1) is 10.3. The number of para-hydroxylation sites is 1. The summed E-state index contributed by atoms with van der Waals surface area (Å²) in [6, 6.07) is 16.2. The molecule has 0 aliphatic heterocycles. The van der Waals surface area contributed by atoms with Crippen LogP contribution in [0.3, 0.4) is 0 Å². The van der Waals surface area contributed by atoms with Crippen molar-refractivity contribution in [3.8, 4) is 0 Å². The van der Waals surface area contributed by atoms with E-state index < -0.39 is 0 Å². The number of aromatic nitrogens is 2. The van der Waals surface area contributed by atoms with Crippen molar-refractivity contribution in [3.63, 3.8) is 0 Å². The fraction of sp³-hybridized carbons (Fsp3) is 0. The van der Waals surface area contributed by atoms with Gasteiger partial charge in [0.05, 0.1) is 0 Å². The van der Waals surface area contributed by atoms with Crippen LogP contribution in [0.25, 0.3) is 34.6 Å². The molecule has 5 aromatic rings. The van der Waals surface area contributed by atoms with Crippen LogP contribution in [-0.4, -0.2) is 23.9 Å². The van der Waals surface area contributed by atoms with Gasteiger partial charge in [0.25, 0.3) is 0 Å². The summed E-state index contributed by atoms with van der Waals surface area (Å²) in [6.07, 6.45) is 0. The molecule has 0 aliphatic rings. The number of fused-ring (bicyclic) bond motifs is 6. The normalized spacial score (nSPS) is 12.0. The van der Waals surface area contributed by atoms with E-state index in [9.17, 15) is 4.79 Å². The first-order valence-corrected chi connectivity index (χ1v) is 9.07. The third-order valence-electron chi connectivity index (χ3n) is 3.67. The molecule has 0 saturated carbocycles. The van der Waals surface area contributed by atoms with E-state index in [4.69, 9.17) is 4.98 Å². The maximum absolute atomic E-state index is 12.9. The topological polar surface area (TPSA) is 34.4 Å². The first kappa shape index (κ1) is 11.7. The van der Waals surface area contributed by atoms with Crippen molar-refractivity contribution in [2.24, 2.45) is 0 Å². The number of hydrogen-bond donors (Lipinski definition) is 0. The van der Waals surface area contributed by atoms with Crippen molar-refractivity contribution >= 4 is 60.4 Å². The van der Waals surface area contributed by atoms with E-state index in [1.54, 1.807) is 15.7 Å². The predicted octanol–water partition coefficient (Wildman–Crippen LogP) is 3.27. The Hall–Kier alpha value is -1.94. The molecule has 0 spiro atoms. The monoisotopic (exact) mass is 356 g/mol. The summed E-state index contributed by atoms with van der Waals surface area (Å²) in [5.41, 5.74) is 1.95. The van der Waals surface area contributed by atoms with E-state index in [0.29, 0.717) is 0 Å². The van der Waals surface area contributed by atoms with Crippen LogP contribution in [0.5, 0.6) is 0 Å². The molecule has 5 heteroatoms. The van der Waals surface area contributed by atoms with Crippen molar-refractivity contribution in [3.05, 3.63) is 58.9 Å². The molecule has 0 unspecified atom stereocenters. The van der Waals surface area contributed by atoms with Crippen molar-refractivity contribution in [2.45, 2.75) is 0 Å². The number of thiazole rings is 1. The van der Waals surface area contributed by atoms with Crippen LogP contribution in [0.4, 0.5) is 0 Å². The van der Waals surface area contributed by atoms with Gasteiger partial charge in [0.2, 0.25) is 0 Å². The molecular weight excluding hydrogens is 347 g/mol. The molecule has 21 heavy (non-hydrogen) atoms. The van der Waals surface area contributed by atoms with Gasteiger partial charge in [0.1, 0.15) is 0 Å². The Kier molecular flexibility index (Phi) is 2.25. The Labute approximate surface area is 128 Å². The molecule has 0 fully saturated rings. The zero-order chi connectivity index (χ0) is 14.0. The molecule has 0 radical (unpaired) electrons. The van der Waals surface area contributed by atoms with Crippen LogP contribution in [0.1, 0.15) is 0 Å². The molecule has 0 bridgehead atoms.